The molecule has 1 aromatic heterocycles. The molecule has 1 heterocycles. The summed E-state index contributed by atoms with van der Waals surface area (Å²) in [6.45, 7) is 3.79. The predicted octanol–water partition coefficient (Wildman–Crippen LogP) is 4.52. The SMILES string of the molecule is Cc1ccc2c(c1)nc(CCl)n2-c1cccc(F)c1C. The predicted molar refractivity (Wildman–Crippen MR) is 80.1 cm³/mol. The Labute approximate surface area is 121 Å². The van der Waals surface area contributed by atoms with Gasteiger partial charge in [0.05, 0.1) is 22.6 Å². The van der Waals surface area contributed by atoms with Gasteiger partial charge < -0.3 is 0 Å². The molecule has 20 heavy (non-hydrogen) atoms. The van der Waals surface area contributed by atoms with Crippen LogP contribution in [0, 0.1) is 19.7 Å². The van der Waals surface area contributed by atoms with E-state index in [0.717, 1.165) is 28.1 Å². The molecule has 102 valence electrons. The van der Waals surface area contributed by atoms with E-state index in [-0.39, 0.29) is 11.7 Å². The van der Waals surface area contributed by atoms with Crippen molar-refractivity contribution in [1.82, 2.24) is 9.55 Å². The van der Waals surface area contributed by atoms with E-state index in [4.69, 9.17) is 11.6 Å². The molecule has 4 heteroatoms. The van der Waals surface area contributed by atoms with Crippen LogP contribution in [0.4, 0.5) is 4.39 Å². The van der Waals surface area contributed by atoms with Gasteiger partial charge in [0.25, 0.3) is 0 Å². The number of imidazole rings is 1. The van der Waals surface area contributed by atoms with E-state index < -0.39 is 0 Å². The van der Waals surface area contributed by atoms with Gasteiger partial charge in [-0.25, -0.2) is 9.37 Å². The summed E-state index contributed by atoms with van der Waals surface area (Å²) >= 11 is 6.01. The minimum absolute atomic E-state index is 0.225. The van der Waals surface area contributed by atoms with Gasteiger partial charge in [0.1, 0.15) is 11.6 Å². The van der Waals surface area contributed by atoms with Crippen LogP contribution in [0.15, 0.2) is 36.4 Å². The van der Waals surface area contributed by atoms with Crippen molar-refractivity contribution in [3.8, 4) is 5.69 Å². The van der Waals surface area contributed by atoms with E-state index in [0.29, 0.717) is 5.56 Å². The van der Waals surface area contributed by atoms with Gasteiger partial charge in [-0.05, 0) is 43.7 Å². The molecule has 0 bridgehead atoms. The molecule has 0 radical (unpaired) electrons. The van der Waals surface area contributed by atoms with Gasteiger partial charge in [0.2, 0.25) is 0 Å². The maximum absolute atomic E-state index is 13.8. The number of hydrogen-bond acceptors (Lipinski definition) is 1. The van der Waals surface area contributed by atoms with Crippen molar-refractivity contribution in [2.75, 3.05) is 0 Å². The molecule has 0 fully saturated rings. The Balaban J connectivity index is 2.37. The van der Waals surface area contributed by atoms with E-state index in [1.807, 2.05) is 35.8 Å². The third-order valence-electron chi connectivity index (χ3n) is 3.48. The van der Waals surface area contributed by atoms with Crippen molar-refractivity contribution in [1.29, 1.82) is 0 Å². The highest BCUT2D eigenvalue weighted by molar-refractivity contribution is 6.17. The van der Waals surface area contributed by atoms with Crippen LogP contribution in [-0.4, -0.2) is 9.55 Å². The fourth-order valence-electron chi connectivity index (χ4n) is 2.44. The van der Waals surface area contributed by atoms with Crippen LogP contribution in [0.3, 0.4) is 0 Å². The molecule has 0 amide bonds. The fourth-order valence-corrected chi connectivity index (χ4v) is 2.62. The zero-order valence-corrected chi connectivity index (χ0v) is 12.1. The second-order valence-corrected chi connectivity index (χ2v) is 5.14. The second kappa shape index (κ2) is 4.91. The number of fused-ring (bicyclic) bond motifs is 1. The first-order valence-electron chi connectivity index (χ1n) is 6.41. The Morgan fingerprint density at radius 2 is 2.00 bits per heavy atom. The minimum Gasteiger partial charge on any atom is -0.295 e. The molecule has 0 saturated carbocycles. The third kappa shape index (κ3) is 1.98. The molecule has 0 unspecified atom stereocenters. The van der Waals surface area contributed by atoms with Gasteiger partial charge in [-0.1, -0.05) is 12.1 Å². The molecule has 0 aliphatic carbocycles. The van der Waals surface area contributed by atoms with Crippen LogP contribution in [0.5, 0.6) is 0 Å². The summed E-state index contributed by atoms with van der Waals surface area (Å²) in [7, 11) is 0. The zero-order valence-electron chi connectivity index (χ0n) is 11.3. The van der Waals surface area contributed by atoms with Gasteiger partial charge in [-0.15, -0.1) is 11.6 Å². The molecule has 2 aromatic carbocycles. The number of rotatable bonds is 2. The first kappa shape index (κ1) is 13.1. The number of aryl methyl sites for hydroxylation is 1. The average Bonchev–Trinajstić information content (AvgIpc) is 2.79. The molecule has 0 atom stereocenters. The highest BCUT2D eigenvalue weighted by atomic mass is 35.5. The summed E-state index contributed by atoms with van der Waals surface area (Å²) in [5.41, 5.74) is 4.34. The lowest BCUT2D eigenvalue weighted by Crippen LogP contribution is -2.02. The normalized spacial score (nSPS) is 11.2. The van der Waals surface area contributed by atoms with Crippen LogP contribution >= 0.6 is 11.6 Å². The second-order valence-electron chi connectivity index (χ2n) is 4.87. The highest BCUT2D eigenvalue weighted by Gasteiger charge is 2.14. The Morgan fingerprint density at radius 3 is 2.75 bits per heavy atom. The summed E-state index contributed by atoms with van der Waals surface area (Å²) in [5.74, 6) is 0.780. The molecule has 3 rings (SSSR count). The standard InChI is InChI=1S/C16H14ClFN2/c1-10-6-7-15-13(8-10)19-16(9-17)20(15)14-5-3-4-12(18)11(14)2/h3-8H,9H2,1-2H3. The molecule has 0 saturated heterocycles. The van der Waals surface area contributed by atoms with E-state index in [2.05, 4.69) is 4.98 Å². The van der Waals surface area contributed by atoms with Crippen LogP contribution in [0.1, 0.15) is 17.0 Å². The smallest absolute Gasteiger partial charge is 0.129 e. The largest absolute Gasteiger partial charge is 0.295 e. The summed E-state index contributed by atoms with van der Waals surface area (Å²) in [4.78, 5) is 4.55. The molecule has 3 aromatic rings. The van der Waals surface area contributed by atoms with Gasteiger partial charge in [0.15, 0.2) is 0 Å². The number of aromatic nitrogens is 2. The molecular formula is C16H14ClFN2. The van der Waals surface area contributed by atoms with Crippen LogP contribution < -0.4 is 0 Å². The summed E-state index contributed by atoms with van der Waals surface area (Å²) in [5, 5.41) is 0. The number of nitrogens with zero attached hydrogens (tertiary/aromatic N) is 2. The Kier molecular flexibility index (Phi) is 3.22. The number of hydrogen-bond donors (Lipinski definition) is 0. The van der Waals surface area contributed by atoms with Crippen LogP contribution in [-0.2, 0) is 5.88 Å². The van der Waals surface area contributed by atoms with Crippen molar-refractivity contribution in [2.24, 2.45) is 0 Å². The van der Waals surface area contributed by atoms with E-state index in [1.54, 1.807) is 13.0 Å². The molecule has 0 aliphatic heterocycles. The number of alkyl halides is 1. The van der Waals surface area contributed by atoms with Crippen molar-refractivity contribution in [3.63, 3.8) is 0 Å². The highest BCUT2D eigenvalue weighted by Crippen LogP contribution is 2.26. The van der Waals surface area contributed by atoms with E-state index in [9.17, 15) is 4.39 Å². The minimum atomic E-state index is -0.225. The van der Waals surface area contributed by atoms with E-state index >= 15 is 0 Å². The van der Waals surface area contributed by atoms with E-state index in [1.165, 1.54) is 6.07 Å². The van der Waals surface area contributed by atoms with Gasteiger partial charge in [-0.2, -0.15) is 0 Å². The van der Waals surface area contributed by atoms with Crippen molar-refractivity contribution in [2.45, 2.75) is 19.7 Å². The van der Waals surface area contributed by atoms with Crippen molar-refractivity contribution in [3.05, 3.63) is 59.2 Å². The average molecular weight is 289 g/mol. The van der Waals surface area contributed by atoms with Gasteiger partial charge in [-0.3, -0.25) is 4.57 Å². The molecule has 2 nitrogen and oxygen atoms in total. The van der Waals surface area contributed by atoms with Crippen molar-refractivity contribution < 1.29 is 4.39 Å². The van der Waals surface area contributed by atoms with Crippen LogP contribution in [0.25, 0.3) is 16.7 Å². The third-order valence-corrected chi connectivity index (χ3v) is 3.72. The lowest BCUT2D eigenvalue weighted by molar-refractivity contribution is 0.617. The molecule has 0 aliphatic rings. The summed E-state index contributed by atoms with van der Waals surface area (Å²) in [6.07, 6.45) is 0. The van der Waals surface area contributed by atoms with Gasteiger partial charge >= 0.3 is 0 Å². The zero-order chi connectivity index (χ0) is 14.3. The first-order valence-corrected chi connectivity index (χ1v) is 6.94. The molecule has 0 N–H and O–H groups in total. The number of halogens is 2. The van der Waals surface area contributed by atoms with Crippen LogP contribution in [0.2, 0.25) is 0 Å². The maximum Gasteiger partial charge on any atom is 0.129 e. The summed E-state index contributed by atoms with van der Waals surface area (Å²) in [6, 6.07) is 11.1. The Hall–Kier alpha value is -1.87. The number of benzene rings is 2. The fraction of sp³-hybridized carbons (Fsp3) is 0.188. The van der Waals surface area contributed by atoms with Crippen molar-refractivity contribution >= 4 is 22.6 Å². The molecular weight excluding hydrogens is 275 g/mol. The lowest BCUT2D eigenvalue weighted by Gasteiger charge is -2.11. The Bertz CT molecular complexity index is 793. The quantitative estimate of drug-likeness (QED) is 0.634. The first-order chi connectivity index (χ1) is 9.61. The van der Waals surface area contributed by atoms with Gasteiger partial charge in [0, 0.05) is 5.56 Å². The topological polar surface area (TPSA) is 17.8 Å². The lowest BCUT2D eigenvalue weighted by atomic mass is 10.1. The Morgan fingerprint density at radius 1 is 1.20 bits per heavy atom. The molecule has 0 spiro atoms. The summed E-state index contributed by atoms with van der Waals surface area (Å²) < 4.78 is 15.7. The maximum atomic E-state index is 13.8. The monoisotopic (exact) mass is 288 g/mol.